The van der Waals surface area contributed by atoms with Crippen LogP contribution < -0.4 is 16.2 Å². The van der Waals surface area contributed by atoms with E-state index < -0.39 is 17.7 Å². The van der Waals surface area contributed by atoms with E-state index in [0.29, 0.717) is 33.9 Å². The van der Waals surface area contributed by atoms with Crippen molar-refractivity contribution < 1.29 is 24.3 Å². The number of hydroxylamine groups is 2. The summed E-state index contributed by atoms with van der Waals surface area (Å²) in [6.45, 7) is 5.53. The molecule has 30 heavy (non-hydrogen) atoms. The summed E-state index contributed by atoms with van der Waals surface area (Å²) >= 11 is 0. The molecule has 0 fully saturated rings. The minimum atomic E-state index is -0.744. The molecule has 0 aromatic heterocycles. The van der Waals surface area contributed by atoms with Crippen molar-refractivity contribution in [1.82, 2.24) is 5.06 Å². The van der Waals surface area contributed by atoms with E-state index in [2.05, 4.69) is 4.99 Å². The maximum Gasteiger partial charge on any atom is 0.248 e. The molecular formula is C21H24N4O5. The average Bonchev–Trinajstić information content (AvgIpc) is 2.69. The van der Waals surface area contributed by atoms with Gasteiger partial charge in [-0.25, -0.2) is 0 Å². The molecule has 0 radical (unpaired) electrons. The SMILES string of the molecule is CCOC1=C2C(=NC(C)=C(C(N)=O)C2c2ccc(C(N)=O)cc2OC)C(C)=CN1O. The molecule has 1 aromatic carbocycles. The van der Waals surface area contributed by atoms with Crippen molar-refractivity contribution in [3.63, 3.8) is 0 Å². The Bertz CT molecular complexity index is 1050. The van der Waals surface area contributed by atoms with Crippen LogP contribution in [0.4, 0.5) is 0 Å². The number of aliphatic imine (C=N–C) groups is 1. The molecule has 0 saturated carbocycles. The maximum atomic E-state index is 12.5. The zero-order valence-corrected chi connectivity index (χ0v) is 17.2. The average molecular weight is 412 g/mol. The first kappa shape index (κ1) is 21.1. The Balaban J connectivity index is 2.37. The minimum absolute atomic E-state index is 0.138. The van der Waals surface area contributed by atoms with Gasteiger partial charge in [-0.3, -0.25) is 19.8 Å². The third-order valence-electron chi connectivity index (χ3n) is 5.01. The summed E-state index contributed by atoms with van der Waals surface area (Å²) in [6.07, 6.45) is 1.49. The van der Waals surface area contributed by atoms with Gasteiger partial charge in [0.15, 0.2) is 0 Å². The standard InChI is InChI=1S/C21H24N4O5/c1-5-30-21-17-16(13-7-6-12(19(22)26)8-14(13)29-4)15(20(23)27)11(3)24-18(17)10(2)9-25(21)28/h6-9,16,28H,5H2,1-4H3,(H2,22,26)(H2,23,27). The zero-order chi connectivity index (χ0) is 22.2. The number of ether oxygens (including phenoxy) is 2. The smallest absolute Gasteiger partial charge is 0.248 e. The highest BCUT2D eigenvalue weighted by molar-refractivity contribution is 6.17. The Kier molecular flexibility index (Phi) is 5.66. The third kappa shape index (κ3) is 3.43. The van der Waals surface area contributed by atoms with Crippen molar-refractivity contribution in [3.05, 3.63) is 63.8 Å². The fourth-order valence-electron chi connectivity index (χ4n) is 3.75. The number of nitrogens with two attached hydrogens (primary N) is 2. The first-order valence-electron chi connectivity index (χ1n) is 9.32. The Hall–Kier alpha value is -3.59. The lowest BCUT2D eigenvalue weighted by atomic mass is 9.76. The van der Waals surface area contributed by atoms with Gasteiger partial charge in [0.05, 0.1) is 36.5 Å². The lowest BCUT2D eigenvalue weighted by Crippen LogP contribution is -2.34. The summed E-state index contributed by atoms with van der Waals surface area (Å²) in [5.41, 5.74) is 14.3. The Morgan fingerprint density at radius 3 is 2.50 bits per heavy atom. The van der Waals surface area contributed by atoms with Crippen LogP contribution in [0.25, 0.3) is 0 Å². The van der Waals surface area contributed by atoms with Crippen LogP contribution in [0.3, 0.4) is 0 Å². The number of nitrogens with zero attached hydrogens (tertiary/aromatic N) is 2. The predicted molar refractivity (Wildman–Crippen MR) is 110 cm³/mol. The minimum Gasteiger partial charge on any atom is -0.496 e. The molecule has 0 bridgehead atoms. The quantitative estimate of drug-likeness (QED) is 0.652. The summed E-state index contributed by atoms with van der Waals surface area (Å²) in [6, 6.07) is 4.69. The van der Waals surface area contributed by atoms with E-state index in [4.69, 9.17) is 20.9 Å². The molecule has 0 spiro atoms. The third-order valence-corrected chi connectivity index (χ3v) is 5.01. The highest BCUT2D eigenvalue weighted by Gasteiger charge is 2.40. The second-order valence-electron chi connectivity index (χ2n) is 6.89. The van der Waals surface area contributed by atoms with E-state index in [1.807, 2.05) is 0 Å². The number of methoxy groups -OCH3 is 1. The summed E-state index contributed by atoms with van der Waals surface area (Å²) < 4.78 is 11.2. The first-order chi connectivity index (χ1) is 14.2. The number of hydrogen-bond donors (Lipinski definition) is 3. The van der Waals surface area contributed by atoms with Crippen LogP contribution in [-0.2, 0) is 9.53 Å². The van der Waals surface area contributed by atoms with Gasteiger partial charge in [-0.05, 0) is 38.5 Å². The molecule has 2 amide bonds. The normalized spacial score (nSPS) is 18.6. The predicted octanol–water partition coefficient (Wildman–Crippen LogP) is 1.95. The van der Waals surface area contributed by atoms with Gasteiger partial charge < -0.3 is 20.9 Å². The molecule has 9 heteroatoms. The van der Waals surface area contributed by atoms with E-state index in [-0.39, 0.29) is 23.6 Å². The van der Waals surface area contributed by atoms with Gasteiger partial charge in [0.2, 0.25) is 17.7 Å². The fourth-order valence-corrected chi connectivity index (χ4v) is 3.75. The number of rotatable bonds is 6. The molecule has 1 atom stereocenters. The number of amides is 2. The summed E-state index contributed by atoms with van der Waals surface area (Å²) in [5, 5.41) is 11.4. The van der Waals surface area contributed by atoms with Gasteiger partial charge in [-0.15, -0.1) is 0 Å². The van der Waals surface area contributed by atoms with Crippen molar-refractivity contribution in [1.29, 1.82) is 0 Å². The number of primary amides is 2. The van der Waals surface area contributed by atoms with Gasteiger partial charge in [-0.2, -0.15) is 5.06 Å². The number of hydrogen-bond acceptors (Lipinski definition) is 7. The van der Waals surface area contributed by atoms with Crippen LogP contribution in [-0.4, -0.2) is 41.5 Å². The monoisotopic (exact) mass is 412 g/mol. The van der Waals surface area contributed by atoms with Crippen LogP contribution in [0.1, 0.15) is 42.6 Å². The Labute approximate surface area is 173 Å². The number of benzene rings is 1. The molecule has 2 heterocycles. The molecule has 158 valence electrons. The molecule has 1 unspecified atom stereocenters. The molecular weight excluding hydrogens is 388 g/mol. The van der Waals surface area contributed by atoms with Crippen LogP contribution in [0.5, 0.6) is 5.75 Å². The van der Waals surface area contributed by atoms with Crippen molar-refractivity contribution in [2.24, 2.45) is 16.5 Å². The van der Waals surface area contributed by atoms with Crippen molar-refractivity contribution >= 4 is 17.5 Å². The number of carbonyl (C=O) groups is 2. The molecule has 5 N–H and O–H groups in total. The molecule has 3 rings (SSSR count). The van der Waals surface area contributed by atoms with Gasteiger partial charge in [-0.1, -0.05) is 6.07 Å². The fraction of sp³-hybridized carbons (Fsp3) is 0.286. The lowest BCUT2D eigenvalue weighted by Gasteiger charge is -2.35. The van der Waals surface area contributed by atoms with E-state index in [1.165, 1.54) is 19.4 Å². The number of fused-ring (bicyclic) bond motifs is 1. The number of carbonyl (C=O) groups excluding carboxylic acids is 2. The van der Waals surface area contributed by atoms with Gasteiger partial charge in [0.1, 0.15) is 5.75 Å². The summed E-state index contributed by atoms with van der Waals surface area (Å²) in [5.74, 6) is -1.55. The first-order valence-corrected chi connectivity index (χ1v) is 9.32. The second-order valence-corrected chi connectivity index (χ2v) is 6.89. The molecule has 0 saturated heterocycles. The Morgan fingerprint density at radius 2 is 1.93 bits per heavy atom. The maximum absolute atomic E-state index is 12.5. The van der Waals surface area contributed by atoms with Crippen molar-refractivity contribution in [2.45, 2.75) is 26.7 Å². The molecule has 9 nitrogen and oxygen atoms in total. The lowest BCUT2D eigenvalue weighted by molar-refractivity contribution is -0.114. The van der Waals surface area contributed by atoms with E-state index in [1.54, 1.807) is 32.9 Å². The van der Waals surface area contributed by atoms with Gasteiger partial charge in [0, 0.05) is 23.0 Å². The molecule has 2 aliphatic heterocycles. The van der Waals surface area contributed by atoms with Crippen molar-refractivity contribution in [3.8, 4) is 5.75 Å². The zero-order valence-electron chi connectivity index (χ0n) is 17.2. The largest absolute Gasteiger partial charge is 0.496 e. The summed E-state index contributed by atoms with van der Waals surface area (Å²) in [7, 11) is 1.45. The van der Waals surface area contributed by atoms with Crippen LogP contribution in [0, 0.1) is 0 Å². The number of allylic oxidation sites excluding steroid dienone is 3. The molecule has 1 aromatic rings. The highest BCUT2D eigenvalue weighted by atomic mass is 16.6. The van der Waals surface area contributed by atoms with Crippen LogP contribution in [0.15, 0.2) is 57.7 Å². The molecule has 2 aliphatic rings. The Morgan fingerprint density at radius 1 is 1.23 bits per heavy atom. The topological polar surface area (TPSA) is 140 Å². The van der Waals surface area contributed by atoms with Gasteiger partial charge in [0.25, 0.3) is 0 Å². The summed E-state index contributed by atoms with van der Waals surface area (Å²) in [4.78, 5) is 28.6. The second kappa shape index (κ2) is 8.03. The molecule has 0 aliphatic carbocycles. The van der Waals surface area contributed by atoms with Crippen LogP contribution >= 0.6 is 0 Å². The van der Waals surface area contributed by atoms with Crippen molar-refractivity contribution in [2.75, 3.05) is 13.7 Å². The highest BCUT2D eigenvalue weighted by Crippen LogP contribution is 2.46. The van der Waals surface area contributed by atoms with Gasteiger partial charge >= 0.3 is 0 Å². The van der Waals surface area contributed by atoms with E-state index >= 15 is 0 Å². The van der Waals surface area contributed by atoms with E-state index in [0.717, 1.165) is 5.06 Å². The van der Waals surface area contributed by atoms with E-state index in [9.17, 15) is 14.8 Å². The van der Waals surface area contributed by atoms with Crippen LogP contribution in [0.2, 0.25) is 0 Å².